The Hall–Kier alpha value is -1.71. The molecule has 0 fully saturated rings. The lowest BCUT2D eigenvalue weighted by atomic mass is 10.1. The van der Waals surface area contributed by atoms with Gasteiger partial charge in [0.2, 0.25) is 0 Å². The normalized spacial score (nSPS) is 12.6. The van der Waals surface area contributed by atoms with Gasteiger partial charge in [-0.2, -0.15) is 11.3 Å². The predicted octanol–water partition coefficient (Wildman–Crippen LogP) is 5.19. The largest absolute Gasteiger partial charge is 0.310 e. The van der Waals surface area contributed by atoms with Crippen molar-refractivity contribution in [1.82, 2.24) is 10.3 Å². The summed E-state index contributed by atoms with van der Waals surface area (Å²) in [6.07, 6.45) is 8.80. The summed E-state index contributed by atoms with van der Waals surface area (Å²) in [5.74, 6) is 0. The van der Waals surface area contributed by atoms with Crippen LogP contribution in [0.15, 0.2) is 53.5 Å². The van der Waals surface area contributed by atoms with Crippen LogP contribution >= 0.6 is 11.3 Å². The van der Waals surface area contributed by atoms with E-state index in [0.29, 0.717) is 6.04 Å². The second-order valence-corrected chi connectivity index (χ2v) is 7.00. The Bertz CT molecular complexity index is 721. The minimum absolute atomic E-state index is 0.561. The molecular weight excluding hydrogens is 300 g/mol. The molecule has 23 heavy (non-hydrogen) atoms. The van der Waals surface area contributed by atoms with E-state index < -0.39 is 0 Å². The van der Waals surface area contributed by atoms with Gasteiger partial charge in [-0.3, -0.25) is 4.98 Å². The second kappa shape index (κ2) is 8.23. The van der Waals surface area contributed by atoms with Crippen molar-refractivity contribution in [2.75, 3.05) is 0 Å². The van der Waals surface area contributed by atoms with Crippen LogP contribution in [0.4, 0.5) is 0 Å². The molecule has 0 aliphatic rings. The Kier molecular flexibility index (Phi) is 5.78. The van der Waals surface area contributed by atoms with Crippen molar-refractivity contribution in [1.29, 1.82) is 0 Å². The third-order valence-corrected chi connectivity index (χ3v) is 5.02. The maximum atomic E-state index is 4.16. The van der Waals surface area contributed by atoms with Gasteiger partial charge < -0.3 is 5.32 Å². The molecule has 0 amide bonds. The smallest absolute Gasteiger partial charge is 0.0346 e. The summed E-state index contributed by atoms with van der Waals surface area (Å²) in [6, 6.07) is 11.5. The number of nitrogens with zero attached hydrogens (tertiary/aromatic N) is 1. The van der Waals surface area contributed by atoms with Crippen molar-refractivity contribution in [3.05, 3.63) is 64.6 Å². The molecule has 1 aromatic carbocycles. The van der Waals surface area contributed by atoms with Crippen molar-refractivity contribution in [3.63, 3.8) is 0 Å². The van der Waals surface area contributed by atoms with Crippen LogP contribution in [0, 0.1) is 0 Å². The number of thiophene rings is 1. The molecule has 3 aromatic rings. The fraction of sp³-hybridized carbons (Fsp3) is 0.350. The number of benzene rings is 1. The number of nitrogens with one attached hydrogen (secondary N) is 1. The summed E-state index contributed by atoms with van der Waals surface area (Å²) < 4.78 is 0. The zero-order valence-electron chi connectivity index (χ0n) is 13.7. The zero-order chi connectivity index (χ0) is 15.9. The Morgan fingerprint density at radius 2 is 2.04 bits per heavy atom. The summed E-state index contributed by atoms with van der Waals surface area (Å²) in [6.45, 7) is 3.22. The third-order valence-electron chi connectivity index (χ3n) is 4.29. The van der Waals surface area contributed by atoms with Crippen molar-refractivity contribution >= 4 is 22.1 Å². The summed E-state index contributed by atoms with van der Waals surface area (Å²) in [4.78, 5) is 4.16. The molecule has 1 N–H and O–H groups in total. The first kappa shape index (κ1) is 16.2. The fourth-order valence-corrected chi connectivity index (χ4v) is 3.55. The molecule has 3 heteroatoms. The molecule has 2 nitrogen and oxygen atoms in total. The Labute approximate surface area is 142 Å². The van der Waals surface area contributed by atoms with Crippen molar-refractivity contribution in [3.8, 4) is 0 Å². The van der Waals surface area contributed by atoms with Crippen LogP contribution in [-0.4, -0.2) is 11.0 Å². The van der Waals surface area contributed by atoms with Gasteiger partial charge in [-0.1, -0.05) is 18.6 Å². The van der Waals surface area contributed by atoms with Gasteiger partial charge in [-0.25, -0.2) is 0 Å². The maximum absolute atomic E-state index is 4.16. The highest BCUT2D eigenvalue weighted by molar-refractivity contribution is 7.07. The van der Waals surface area contributed by atoms with Gasteiger partial charge in [0.1, 0.15) is 0 Å². The minimum Gasteiger partial charge on any atom is -0.310 e. The van der Waals surface area contributed by atoms with Crippen LogP contribution in [0.2, 0.25) is 0 Å². The Morgan fingerprint density at radius 1 is 1.09 bits per heavy atom. The Balaban J connectivity index is 1.40. The summed E-state index contributed by atoms with van der Waals surface area (Å²) in [5, 5.41) is 10.5. The topological polar surface area (TPSA) is 24.9 Å². The Morgan fingerprint density at radius 3 is 2.91 bits per heavy atom. The van der Waals surface area contributed by atoms with Gasteiger partial charge in [0.25, 0.3) is 0 Å². The van der Waals surface area contributed by atoms with Crippen LogP contribution < -0.4 is 5.32 Å². The summed E-state index contributed by atoms with van der Waals surface area (Å²) in [5.41, 5.74) is 2.83. The average molecular weight is 324 g/mol. The molecule has 0 aliphatic heterocycles. The molecule has 1 atom stereocenters. The average Bonchev–Trinajstić information content (AvgIpc) is 3.10. The second-order valence-electron chi connectivity index (χ2n) is 6.22. The van der Waals surface area contributed by atoms with Crippen molar-refractivity contribution in [2.45, 2.75) is 45.2 Å². The van der Waals surface area contributed by atoms with Crippen molar-refractivity contribution < 1.29 is 0 Å². The third kappa shape index (κ3) is 4.88. The van der Waals surface area contributed by atoms with Gasteiger partial charge in [-0.05, 0) is 71.7 Å². The van der Waals surface area contributed by atoms with Crippen LogP contribution in [0.5, 0.6) is 0 Å². The van der Waals surface area contributed by atoms with Gasteiger partial charge in [0, 0.05) is 30.4 Å². The molecule has 0 saturated heterocycles. The molecular formula is C20H24N2S. The van der Waals surface area contributed by atoms with Gasteiger partial charge in [0.05, 0.1) is 0 Å². The van der Waals surface area contributed by atoms with Crippen LogP contribution in [0.1, 0.15) is 37.3 Å². The minimum atomic E-state index is 0.561. The van der Waals surface area contributed by atoms with Crippen LogP contribution in [-0.2, 0) is 13.0 Å². The van der Waals surface area contributed by atoms with E-state index in [-0.39, 0.29) is 0 Å². The highest BCUT2D eigenvalue weighted by atomic mass is 32.1. The van der Waals surface area contributed by atoms with Crippen molar-refractivity contribution in [2.24, 2.45) is 0 Å². The van der Waals surface area contributed by atoms with E-state index in [1.807, 2.05) is 12.4 Å². The van der Waals surface area contributed by atoms with E-state index in [0.717, 1.165) is 6.54 Å². The predicted molar refractivity (Wildman–Crippen MR) is 99.9 cm³/mol. The number of rotatable bonds is 8. The molecule has 0 radical (unpaired) electrons. The monoisotopic (exact) mass is 324 g/mol. The lowest BCUT2D eigenvalue weighted by molar-refractivity contribution is 0.489. The number of hydrogen-bond acceptors (Lipinski definition) is 3. The molecule has 2 heterocycles. The number of hydrogen-bond donors (Lipinski definition) is 1. The lowest BCUT2D eigenvalue weighted by Crippen LogP contribution is -2.25. The quantitative estimate of drug-likeness (QED) is 0.577. The number of fused-ring (bicyclic) bond motifs is 1. The first-order valence-electron chi connectivity index (χ1n) is 8.38. The molecule has 2 aromatic heterocycles. The van der Waals surface area contributed by atoms with E-state index in [1.165, 1.54) is 47.6 Å². The standard InChI is InChI=1S/C20H24N2S/c1-16(4-2-3-5-17-9-11-23-15-17)22-13-18-6-7-20-14-21-10-8-19(20)12-18/h6-12,14-16,22H,2-5,13H2,1H3/t16-/m1/s1. The number of aromatic nitrogens is 1. The summed E-state index contributed by atoms with van der Waals surface area (Å²) in [7, 11) is 0. The highest BCUT2D eigenvalue weighted by Crippen LogP contribution is 2.15. The SMILES string of the molecule is C[C@H](CCCCc1ccsc1)NCc1ccc2cnccc2c1. The number of unbranched alkanes of at least 4 members (excludes halogenated alkanes) is 1. The van der Waals surface area contributed by atoms with E-state index in [1.54, 1.807) is 11.3 Å². The van der Waals surface area contributed by atoms with Crippen LogP contribution in [0.25, 0.3) is 10.8 Å². The molecule has 0 bridgehead atoms. The van der Waals surface area contributed by atoms with E-state index in [4.69, 9.17) is 0 Å². The molecule has 120 valence electrons. The molecule has 0 unspecified atom stereocenters. The number of aryl methyl sites for hydroxylation is 1. The highest BCUT2D eigenvalue weighted by Gasteiger charge is 2.03. The fourth-order valence-electron chi connectivity index (χ4n) is 2.85. The maximum Gasteiger partial charge on any atom is 0.0346 e. The van der Waals surface area contributed by atoms with Crippen LogP contribution in [0.3, 0.4) is 0 Å². The first-order chi connectivity index (χ1) is 11.3. The van der Waals surface area contributed by atoms with Gasteiger partial charge in [-0.15, -0.1) is 0 Å². The molecule has 0 spiro atoms. The van der Waals surface area contributed by atoms with Gasteiger partial charge >= 0.3 is 0 Å². The van der Waals surface area contributed by atoms with E-state index in [9.17, 15) is 0 Å². The summed E-state index contributed by atoms with van der Waals surface area (Å²) >= 11 is 1.79. The lowest BCUT2D eigenvalue weighted by Gasteiger charge is -2.14. The van der Waals surface area contributed by atoms with Gasteiger partial charge in [0.15, 0.2) is 0 Å². The molecule has 0 saturated carbocycles. The molecule has 3 rings (SSSR count). The molecule has 0 aliphatic carbocycles. The first-order valence-corrected chi connectivity index (χ1v) is 9.32. The zero-order valence-corrected chi connectivity index (χ0v) is 14.5. The number of pyridine rings is 1. The van der Waals surface area contributed by atoms with E-state index >= 15 is 0 Å². The van der Waals surface area contributed by atoms with E-state index in [2.05, 4.69) is 58.3 Å².